The Kier molecular flexibility index (Phi) is 2.67. The van der Waals surface area contributed by atoms with Crippen molar-refractivity contribution in [2.45, 2.75) is 13.0 Å². The molecule has 1 atom stereocenters. The van der Waals surface area contributed by atoms with Crippen LogP contribution >= 0.6 is 0 Å². The summed E-state index contributed by atoms with van der Waals surface area (Å²) in [5.41, 5.74) is 3.09. The molecular weight excluding hydrogens is 229 g/mol. The Morgan fingerprint density at radius 3 is 2.89 bits per heavy atom. The van der Waals surface area contributed by atoms with Crippen LogP contribution in [-0.4, -0.2) is 6.54 Å². The molecule has 0 amide bonds. The summed E-state index contributed by atoms with van der Waals surface area (Å²) in [7, 11) is 0. The molecule has 0 saturated heterocycles. The lowest BCUT2D eigenvalue weighted by atomic mass is 10.0. The van der Waals surface area contributed by atoms with Crippen LogP contribution in [0.2, 0.25) is 0 Å². The minimum Gasteiger partial charge on any atom is -0.482 e. The molecule has 18 heavy (non-hydrogen) atoms. The SMILES string of the molecule is Cc1ccccc1C1CNc2cc(F)ccc2O1. The number of anilines is 1. The van der Waals surface area contributed by atoms with Crippen LogP contribution in [0.5, 0.6) is 5.75 Å². The average molecular weight is 243 g/mol. The number of benzene rings is 2. The van der Waals surface area contributed by atoms with Gasteiger partial charge in [-0.15, -0.1) is 0 Å². The van der Waals surface area contributed by atoms with Gasteiger partial charge in [-0.1, -0.05) is 24.3 Å². The lowest BCUT2D eigenvalue weighted by Gasteiger charge is -2.28. The van der Waals surface area contributed by atoms with Crippen LogP contribution < -0.4 is 10.1 Å². The van der Waals surface area contributed by atoms with E-state index in [1.807, 2.05) is 12.1 Å². The second kappa shape index (κ2) is 4.33. The van der Waals surface area contributed by atoms with Crippen molar-refractivity contribution in [2.24, 2.45) is 0 Å². The third kappa shape index (κ3) is 1.92. The van der Waals surface area contributed by atoms with Crippen LogP contribution in [0, 0.1) is 12.7 Å². The summed E-state index contributed by atoms with van der Waals surface area (Å²) in [5.74, 6) is 0.454. The second-order valence-electron chi connectivity index (χ2n) is 4.48. The lowest BCUT2D eigenvalue weighted by Crippen LogP contribution is -2.24. The summed E-state index contributed by atoms with van der Waals surface area (Å²) < 4.78 is 19.0. The first-order valence-corrected chi connectivity index (χ1v) is 5.99. The van der Waals surface area contributed by atoms with Gasteiger partial charge in [-0.3, -0.25) is 0 Å². The molecule has 0 radical (unpaired) electrons. The minimum absolute atomic E-state index is 0.0239. The molecule has 2 aromatic rings. The summed E-state index contributed by atoms with van der Waals surface area (Å²) in [4.78, 5) is 0. The molecule has 0 spiro atoms. The van der Waals surface area contributed by atoms with E-state index in [0.29, 0.717) is 12.3 Å². The van der Waals surface area contributed by atoms with Gasteiger partial charge < -0.3 is 10.1 Å². The van der Waals surface area contributed by atoms with Crippen molar-refractivity contribution in [2.75, 3.05) is 11.9 Å². The van der Waals surface area contributed by atoms with E-state index in [-0.39, 0.29) is 11.9 Å². The van der Waals surface area contributed by atoms with Gasteiger partial charge in [0.15, 0.2) is 0 Å². The number of nitrogens with one attached hydrogen (secondary N) is 1. The number of ether oxygens (including phenoxy) is 1. The van der Waals surface area contributed by atoms with Gasteiger partial charge in [0.2, 0.25) is 0 Å². The first-order chi connectivity index (χ1) is 8.74. The largest absolute Gasteiger partial charge is 0.482 e. The van der Waals surface area contributed by atoms with Crippen LogP contribution in [0.1, 0.15) is 17.2 Å². The summed E-state index contributed by atoms with van der Waals surface area (Å²) in [6.07, 6.45) is -0.0239. The molecular formula is C15H14FNO. The Balaban J connectivity index is 1.92. The molecule has 92 valence electrons. The van der Waals surface area contributed by atoms with Crippen LogP contribution in [0.15, 0.2) is 42.5 Å². The molecule has 1 aliphatic heterocycles. The topological polar surface area (TPSA) is 21.3 Å². The Labute approximate surface area is 105 Å². The van der Waals surface area contributed by atoms with Crippen molar-refractivity contribution in [1.82, 2.24) is 0 Å². The number of hydrogen-bond acceptors (Lipinski definition) is 2. The number of fused-ring (bicyclic) bond motifs is 1. The van der Waals surface area contributed by atoms with Crippen molar-refractivity contribution < 1.29 is 9.13 Å². The second-order valence-corrected chi connectivity index (χ2v) is 4.48. The van der Waals surface area contributed by atoms with Crippen molar-refractivity contribution >= 4 is 5.69 Å². The van der Waals surface area contributed by atoms with Gasteiger partial charge in [0.25, 0.3) is 0 Å². The molecule has 0 fully saturated rings. The molecule has 0 aromatic heterocycles. The van der Waals surface area contributed by atoms with E-state index < -0.39 is 0 Å². The third-order valence-electron chi connectivity index (χ3n) is 3.22. The highest BCUT2D eigenvalue weighted by molar-refractivity contribution is 5.58. The Bertz CT molecular complexity index is 582. The first-order valence-electron chi connectivity index (χ1n) is 5.99. The average Bonchev–Trinajstić information content (AvgIpc) is 2.39. The Morgan fingerprint density at radius 1 is 1.22 bits per heavy atom. The molecule has 0 saturated carbocycles. The lowest BCUT2D eigenvalue weighted by molar-refractivity contribution is 0.209. The predicted molar refractivity (Wildman–Crippen MR) is 69.4 cm³/mol. The normalized spacial score (nSPS) is 17.6. The number of aryl methyl sites for hydroxylation is 1. The van der Waals surface area contributed by atoms with E-state index in [0.717, 1.165) is 5.69 Å². The standard InChI is InChI=1S/C15H14FNO/c1-10-4-2-3-5-12(10)15-9-17-13-8-11(16)6-7-14(13)18-15/h2-8,15,17H,9H2,1H3. The molecule has 1 heterocycles. The van der Waals surface area contributed by atoms with Gasteiger partial charge in [0.05, 0.1) is 12.2 Å². The molecule has 2 nitrogen and oxygen atoms in total. The number of rotatable bonds is 1. The van der Waals surface area contributed by atoms with Gasteiger partial charge in [0, 0.05) is 6.07 Å². The number of hydrogen-bond donors (Lipinski definition) is 1. The first kappa shape index (κ1) is 11.1. The Hall–Kier alpha value is -2.03. The van der Waals surface area contributed by atoms with Crippen LogP contribution in [0.25, 0.3) is 0 Å². The fraction of sp³-hybridized carbons (Fsp3) is 0.200. The highest BCUT2D eigenvalue weighted by Gasteiger charge is 2.22. The molecule has 1 aliphatic rings. The van der Waals surface area contributed by atoms with Gasteiger partial charge in [-0.25, -0.2) is 4.39 Å². The van der Waals surface area contributed by atoms with Gasteiger partial charge in [-0.2, -0.15) is 0 Å². The highest BCUT2D eigenvalue weighted by Crippen LogP contribution is 2.35. The van der Waals surface area contributed by atoms with Crippen LogP contribution in [0.4, 0.5) is 10.1 Å². The molecule has 1 N–H and O–H groups in total. The zero-order valence-electron chi connectivity index (χ0n) is 10.1. The summed E-state index contributed by atoms with van der Waals surface area (Å²) in [6, 6.07) is 12.7. The maximum Gasteiger partial charge on any atom is 0.143 e. The molecule has 3 rings (SSSR count). The molecule has 1 unspecified atom stereocenters. The fourth-order valence-electron chi connectivity index (χ4n) is 2.26. The van der Waals surface area contributed by atoms with Crippen LogP contribution in [-0.2, 0) is 0 Å². The predicted octanol–water partition coefficient (Wildman–Crippen LogP) is 3.68. The van der Waals surface area contributed by atoms with Crippen molar-refractivity contribution in [3.63, 3.8) is 0 Å². The highest BCUT2D eigenvalue weighted by atomic mass is 19.1. The van der Waals surface area contributed by atoms with Gasteiger partial charge in [0.1, 0.15) is 17.7 Å². The zero-order chi connectivity index (χ0) is 12.5. The van der Waals surface area contributed by atoms with E-state index in [4.69, 9.17) is 4.74 Å². The quantitative estimate of drug-likeness (QED) is 0.825. The van der Waals surface area contributed by atoms with E-state index >= 15 is 0 Å². The molecule has 0 bridgehead atoms. The molecule has 0 aliphatic carbocycles. The van der Waals surface area contributed by atoms with E-state index in [9.17, 15) is 4.39 Å². The van der Waals surface area contributed by atoms with Crippen molar-refractivity contribution in [3.05, 3.63) is 59.4 Å². The monoisotopic (exact) mass is 243 g/mol. The summed E-state index contributed by atoms with van der Waals surface area (Å²) >= 11 is 0. The van der Waals surface area contributed by atoms with E-state index in [2.05, 4.69) is 24.4 Å². The van der Waals surface area contributed by atoms with Crippen LogP contribution in [0.3, 0.4) is 0 Å². The Morgan fingerprint density at radius 2 is 2.06 bits per heavy atom. The zero-order valence-corrected chi connectivity index (χ0v) is 10.1. The maximum atomic E-state index is 13.1. The summed E-state index contributed by atoms with van der Waals surface area (Å²) in [6.45, 7) is 2.72. The summed E-state index contributed by atoms with van der Waals surface area (Å²) in [5, 5.41) is 3.21. The molecule has 2 aromatic carbocycles. The number of halogens is 1. The van der Waals surface area contributed by atoms with Gasteiger partial charge in [-0.05, 0) is 30.2 Å². The smallest absolute Gasteiger partial charge is 0.143 e. The van der Waals surface area contributed by atoms with E-state index in [1.165, 1.54) is 23.3 Å². The fourth-order valence-corrected chi connectivity index (χ4v) is 2.26. The van der Waals surface area contributed by atoms with Crippen molar-refractivity contribution in [1.29, 1.82) is 0 Å². The molecule has 3 heteroatoms. The van der Waals surface area contributed by atoms with Gasteiger partial charge >= 0.3 is 0 Å². The minimum atomic E-state index is -0.251. The van der Waals surface area contributed by atoms with E-state index in [1.54, 1.807) is 6.07 Å². The third-order valence-corrected chi connectivity index (χ3v) is 3.22. The maximum absolute atomic E-state index is 13.1. The van der Waals surface area contributed by atoms with Crippen molar-refractivity contribution in [3.8, 4) is 5.75 Å².